The molecular weight excluding hydrogens is 202 g/mol. The van der Waals surface area contributed by atoms with Gasteiger partial charge in [0.2, 0.25) is 0 Å². The lowest BCUT2D eigenvalue weighted by Crippen LogP contribution is -2.47. The standard InChI is InChI=1S/C9H17NO5/c1-9(14,8(13)15-2)5-10-3-6(11)7(12)4-10/h6-7,11-12,14H,3-5H2,1-2H3. The topological polar surface area (TPSA) is 90.2 Å². The summed E-state index contributed by atoms with van der Waals surface area (Å²) in [5.74, 6) is -0.724. The van der Waals surface area contributed by atoms with Crippen molar-refractivity contribution in [2.75, 3.05) is 26.7 Å². The first-order valence-electron chi connectivity index (χ1n) is 4.76. The van der Waals surface area contributed by atoms with Crippen LogP contribution in [0.5, 0.6) is 0 Å². The largest absolute Gasteiger partial charge is 0.467 e. The van der Waals surface area contributed by atoms with Crippen molar-refractivity contribution in [2.45, 2.75) is 24.7 Å². The lowest BCUT2D eigenvalue weighted by molar-refractivity contribution is -0.162. The molecule has 0 amide bonds. The van der Waals surface area contributed by atoms with E-state index in [2.05, 4.69) is 4.74 Å². The molecule has 0 aromatic carbocycles. The monoisotopic (exact) mass is 219 g/mol. The Hall–Kier alpha value is -0.690. The SMILES string of the molecule is COC(=O)C(C)(O)CN1CC(O)C(O)C1. The van der Waals surface area contributed by atoms with Crippen molar-refractivity contribution in [2.24, 2.45) is 0 Å². The molecule has 6 heteroatoms. The normalized spacial score (nSPS) is 31.3. The van der Waals surface area contributed by atoms with E-state index in [1.165, 1.54) is 14.0 Å². The number of nitrogens with zero attached hydrogens (tertiary/aromatic N) is 1. The zero-order valence-electron chi connectivity index (χ0n) is 8.88. The van der Waals surface area contributed by atoms with Crippen LogP contribution in [-0.2, 0) is 9.53 Å². The molecule has 1 heterocycles. The van der Waals surface area contributed by atoms with E-state index in [1.807, 2.05) is 0 Å². The van der Waals surface area contributed by atoms with Gasteiger partial charge >= 0.3 is 5.97 Å². The molecule has 3 atom stereocenters. The number of carbonyl (C=O) groups is 1. The second-order valence-corrected chi connectivity index (χ2v) is 4.09. The lowest BCUT2D eigenvalue weighted by atomic mass is 10.1. The minimum absolute atomic E-state index is 0.0355. The van der Waals surface area contributed by atoms with Gasteiger partial charge in [-0.2, -0.15) is 0 Å². The maximum absolute atomic E-state index is 11.2. The minimum atomic E-state index is -1.61. The molecule has 0 radical (unpaired) electrons. The summed E-state index contributed by atoms with van der Waals surface area (Å²) in [5.41, 5.74) is -1.61. The van der Waals surface area contributed by atoms with Gasteiger partial charge in [-0.05, 0) is 6.92 Å². The van der Waals surface area contributed by atoms with Crippen LogP contribution in [0.2, 0.25) is 0 Å². The van der Waals surface area contributed by atoms with E-state index in [0.29, 0.717) is 0 Å². The predicted molar refractivity (Wildman–Crippen MR) is 51.1 cm³/mol. The molecule has 3 N–H and O–H groups in total. The van der Waals surface area contributed by atoms with Gasteiger partial charge in [-0.25, -0.2) is 4.79 Å². The van der Waals surface area contributed by atoms with Crippen LogP contribution in [0.25, 0.3) is 0 Å². The van der Waals surface area contributed by atoms with Gasteiger partial charge in [-0.1, -0.05) is 0 Å². The third kappa shape index (κ3) is 2.88. The molecule has 0 aromatic rings. The average molecular weight is 219 g/mol. The number of aliphatic hydroxyl groups is 3. The molecule has 1 aliphatic heterocycles. The fraction of sp³-hybridized carbons (Fsp3) is 0.889. The molecule has 0 aromatic heterocycles. The molecule has 88 valence electrons. The Balaban J connectivity index is 2.52. The van der Waals surface area contributed by atoms with Crippen molar-refractivity contribution >= 4 is 5.97 Å². The summed E-state index contributed by atoms with van der Waals surface area (Å²) < 4.78 is 4.44. The Morgan fingerprint density at radius 3 is 2.33 bits per heavy atom. The van der Waals surface area contributed by atoms with E-state index in [0.717, 1.165) is 0 Å². The van der Waals surface area contributed by atoms with E-state index >= 15 is 0 Å². The van der Waals surface area contributed by atoms with Gasteiger partial charge < -0.3 is 20.1 Å². The summed E-state index contributed by atoms with van der Waals surface area (Å²) >= 11 is 0. The number of carbonyl (C=O) groups excluding carboxylic acids is 1. The van der Waals surface area contributed by atoms with Gasteiger partial charge in [0.25, 0.3) is 0 Å². The zero-order chi connectivity index (χ0) is 11.6. The van der Waals surface area contributed by atoms with Crippen LogP contribution >= 0.6 is 0 Å². The van der Waals surface area contributed by atoms with Crippen LogP contribution in [0.3, 0.4) is 0 Å². The van der Waals surface area contributed by atoms with Gasteiger partial charge in [0.05, 0.1) is 19.3 Å². The Labute approximate surface area is 88.1 Å². The van der Waals surface area contributed by atoms with Gasteiger partial charge in [0, 0.05) is 19.6 Å². The Kier molecular flexibility index (Phi) is 3.67. The van der Waals surface area contributed by atoms with E-state index < -0.39 is 23.8 Å². The zero-order valence-corrected chi connectivity index (χ0v) is 8.88. The van der Waals surface area contributed by atoms with Gasteiger partial charge in [0.15, 0.2) is 5.60 Å². The summed E-state index contributed by atoms with van der Waals surface area (Å²) in [6.07, 6.45) is -1.64. The predicted octanol–water partition coefficient (Wildman–Crippen LogP) is -2.05. The quantitative estimate of drug-likeness (QED) is 0.473. The average Bonchev–Trinajstić information content (AvgIpc) is 2.43. The maximum atomic E-state index is 11.2. The molecule has 6 nitrogen and oxygen atoms in total. The van der Waals surface area contributed by atoms with Crippen LogP contribution in [0.15, 0.2) is 0 Å². The molecule has 0 spiro atoms. The van der Waals surface area contributed by atoms with Crippen molar-refractivity contribution in [1.82, 2.24) is 4.90 Å². The Morgan fingerprint density at radius 1 is 1.47 bits per heavy atom. The summed E-state index contributed by atoms with van der Waals surface area (Å²) in [4.78, 5) is 12.8. The summed E-state index contributed by atoms with van der Waals surface area (Å²) in [6, 6.07) is 0. The molecule has 15 heavy (non-hydrogen) atoms. The number of hydrogen-bond donors (Lipinski definition) is 3. The molecule has 3 unspecified atom stereocenters. The number of likely N-dealkylation sites (tertiary alicyclic amines) is 1. The number of ether oxygens (including phenoxy) is 1. The second-order valence-electron chi connectivity index (χ2n) is 4.09. The number of esters is 1. The Bertz CT molecular complexity index is 233. The minimum Gasteiger partial charge on any atom is -0.467 e. The van der Waals surface area contributed by atoms with Crippen molar-refractivity contribution in [3.63, 3.8) is 0 Å². The second kappa shape index (κ2) is 4.44. The van der Waals surface area contributed by atoms with E-state index in [1.54, 1.807) is 4.90 Å². The highest BCUT2D eigenvalue weighted by Crippen LogP contribution is 2.15. The van der Waals surface area contributed by atoms with Crippen LogP contribution in [0.4, 0.5) is 0 Å². The first-order chi connectivity index (χ1) is 6.86. The number of rotatable bonds is 3. The number of β-amino-alcohol motifs (C(OH)–C–C–N with tert-alkyl or cyclic N) is 3. The fourth-order valence-electron chi connectivity index (χ4n) is 1.70. The highest BCUT2D eigenvalue weighted by molar-refractivity contribution is 5.78. The first kappa shape index (κ1) is 12.4. The van der Waals surface area contributed by atoms with Gasteiger partial charge in [-0.15, -0.1) is 0 Å². The van der Waals surface area contributed by atoms with Crippen molar-refractivity contribution in [1.29, 1.82) is 0 Å². The Morgan fingerprint density at radius 2 is 1.93 bits per heavy atom. The van der Waals surface area contributed by atoms with Crippen LogP contribution < -0.4 is 0 Å². The summed E-state index contributed by atoms with van der Waals surface area (Å²) in [6.45, 7) is 1.87. The van der Waals surface area contributed by atoms with Crippen LogP contribution in [-0.4, -0.2) is 70.7 Å². The highest BCUT2D eigenvalue weighted by Gasteiger charge is 2.38. The van der Waals surface area contributed by atoms with Gasteiger partial charge in [0.1, 0.15) is 0 Å². The number of methoxy groups -OCH3 is 1. The summed E-state index contributed by atoms with van der Waals surface area (Å²) in [5, 5.41) is 28.3. The fourth-order valence-corrected chi connectivity index (χ4v) is 1.70. The molecule has 1 fully saturated rings. The third-order valence-electron chi connectivity index (χ3n) is 2.49. The molecule has 0 aliphatic carbocycles. The van der Waals surface area contributed by atoms with Crippen molar-refractivity contribution in [3.05, 3.63) is 0 Å². The van der Waals surface area contributed by atoms with Crippen molar-refractivity contribution in [3.8, 4) is 0 Å². The lowest BCUT2D eigenvalue weighted by Gasteiger charge is -2.25. The first-order valence-corrected chi connectivity index (χ1v) is 4.76. The van der Waals surface area contributed by atoms with Crippen molar-refractivity contribution < 1.29 is 24.9 Å². The van der Waals surface area contributed by atoms with Crippen LogP contribution in [0.1, 0.15) is 6.92 Å². The molecule has 1 aliphatic rings. The number of aliphatic hydroxyl groups excluding tert-OH is 2. The molecule has 0 bridgehead atoms. The van der Waals surface area contributed by atoms with E-state index in [-0.39, 0.29) is 19.6 Å². The number of hydrogen-bond acceptors (Lipinski definition) is 6. The molecule has 0 saturated carbocycles. The smallest absolute Gasteiger partial charge is 0.338 e. The van der Waals surface area contributed by atoms with E-state index in [4.69, 9.17) is 0 Å². The summed E-state index contributed by atoms with van der Waals surface area (Å²) in [7, 11) is 1.20. The molecule has 1 saturated heterocycles. The van der Waals surface area contributed by atoms with E-state index in [9.17, 15) is 20.1 Å². The molecular formula is C9H17NO5. The highest BCUT2D eigenvalue weighted by atomic mass is 16.5. The van der Waals surface area contributed by atoms with Gasteiger partial charge in [-0.3, -0.25) is 4.90 Å². The third-order valence-corrected chi connectivity index (χ3v) is 2.49. The van der Waals surface area contributed by atoms with Crippen LogP contribution in [0, 0.1) is 0 Å². The maximum Gasteiger partial charge on any atom is 0.338 e. The molecule has 1 rings (SSSR count).